The van der Waals surface area contributed by atoms with Crippen molar-refractivity contribution in [3.05, 3.63) is 11.9 Å². The quantitative estimate of drug-likeness (QED) is 0.664. The van der Waals surface area contributed by atoms with E-state index in [1.807, 2.05) is 13.2 Å². The van der Waals surface area contributed by atoms with Gasteiger partial charge in [0.25, 0.3) is 0 Å². The minimum atomic E-state index is 0.0112. The third-order valence-electron chi connectivity index (χ3n) is 2.49. The Kier molecular flexibility index (Phi) is 2.73. The van der Waals surface area contributed by atoms with Crippen LogP contribution < -0.4 is 4.90 Å². The Labute approximate surface area is 88.6 Å². The van der Waals surface area contributed by atoms with Crippen molar-refractivity contribution in [2.75, 3.05) is 31.2 Å². The summed E-state index contributed by atoms with van der Waals surface area (Å²) < 4.78 is 6.96. The first-order chi connectivity index (χ1) is 7.18. The lowest BCUT2D eigenvalue weighted by molar-refractivity contribution is 0.101. The number of aromatic nitrogens is 2. The zero-order valence-corrected chi connectivity index (χ0v) is 9.06. The van der Waals surface area contributed by atoms with Crippen LogP contribution in [-0.4, -0.2) is 41.9 Å². The summed E-state index contributed by atoms with van der Waals surface area (Å²) in [6, 6.07) is 0. The molecule has 0 aromatic carbocycles. The summed E-state index contributed by atoms with van der Waals surface area (Å²) in [5.41, 5.74) is 1.48. The minimum Gasteiger partial charge on any atom is -0.378 e. The molecule has 0 radical (unpaired) electrons. The zero-order valence-electron chi connectivity index (χ0n) is 9.06. The number of anilines is 1. The smallest absolute Gasteiger partial charge is 0.182 e. The van der Waals surface area contributed by atoms with Crippen LogP contribution in [0.2, 0.25) is 0 Å². The highest BCUT2D eigenvalue weighted by molar-refractivity contribution is 5.97. The van der Waals surface area contributed by atoms with Crippen LogP contribution in [0.1, 0.15) is 17.4 Å². The predicted octanol–water partition coefficient (Wildman–Crippen LogP) is 0.459. The molecular weight excluding hydrogens is 194 g/mol. The minimum absolute atomic E-state index is 0.0112. The van der Waals surface area contributed by atoms with Gasteiger partial charge in [0.05, 0.1) is 18.9 Å². The van der Waals surface area contributed by atoms with Gasteiger partial charge in [-0.15, -0.1) is 0 Å². The van der Waals surface area contributed by atoms with E-state index in [9.17, 15) is 4.79 Å². The van der Waals surface area contributed by atoms with Crippen molar-refractivity contribution in [2.45, 2.75) is 6.92 Å². The van der Waals surface area contributed by atoms with E-state index in [-0.39, 0.29) is 5.78 Å². The van der Waals surface area contributed by atoms with Crippen LogP contribution in [0.5, 0.6) is 0 Å². The van der Waals surface area contributed by atoms with Crippen molar-refractivity contribution in [1.82, 2.24) is 9.78 Å². The highest BCUT2D eigenvalue weighted by Crippen LogP contribution is 2.20. The topological polar surface area (TPSA) is 47.4 Å². The molecule has 1 saturated heterocycles. The van der Waals surface area contributed by atoms with E-state index in [1.54, 1.807) is 11.6 Å². The van der Waals surface area contributed by atoms with Gasteiger partial charge in [-0.05, 0) is 0 Å². The molecule has 5 heteroatoms. The summed E-state index contributed by atoms with van der Waals surface area (Å²) in [6.07, 6.45) is 1.89. The molecule has 1 aromatic rings. The average molecular weight is 209 g/mol. The van der Waals surface area contributed by atoms with Crippen molar-refractivity contribution in [3.63, 3.8) is 0 Å². The molecule has 0 unspecified atom stereocenters. The van der Waals surface area contributed by atoms with Gasteiger partial charge < -0.3 is 9.64 Å². The average Bonchev–Trinajstić information content (AvgIpc) is 2.62. The Balaban J connectivity index is 2.28. The van der Waals surface area contributed by atoms with E-state index < -0.39 is 0 Å². The number of hydrogen-bond acceptors (Lipinski definition) is 4. The Morgan fingerprint density at radius 1 is 1.47 bits per heavy atom. The van der Waals surface area contributed by atoms with Crippen molar-refractivity contribution in [2.24, 2.45) is 7.05 Å². The Bertz CT molecular complexity index is 367. The molecule has 1 aliphatic heterocycles. The summed E-state index contributed by atoms with van der Waals surface area (Å²) >= 11 is 0. The zero-order chi connectivity index (χ0) is 10.8. The van der Waals surface area contributed by atoms with Crippen molar-refractivity contribution < 1.29 is 9.53 Å². The summed E-state index contributed by atoms with van der Waals surface area (Å²) in [6.45, 7) is 4.63. The molecule has 2 heterocycles. The number of Topliss-reactive ketones (excluding diaryl/α,β-unsaturated/α-hetero) is 1. The second kappa shape index (κ2) is 4.02. The third-order valence-corrected chi connectivity index (χ3v) is 2.49. The SMILES string of the molecule is CC(=O)c1nn(C)cc1N1CCOCC1. The number of carbonyl (C=O) groups excluding carboxylic acids is 1. The van der Waals surface area contributed by atoms with Crippen LogP contribution >= 0.6 is 0 Å². The predicted molar refractivity (Wildman–Crippen MR) is 56.2 cm³/mol. The Morgan fingerprint density at radius 3 is 2.73 bits per heavy atom. The Hall–Kier alpha value is -1.36. The first-order valence-electron chi connectivity index (χ1n) is 5.06. The molecule has 1 fully saturated rings. The molecule has 5 nitrogen and oxygen atoms in total. The van der Waals surface area contributed by atoms with Gasteiger partial charge in [-0.1, -0.05) is 0 Å². The molecule has 1 aromatic heterocycles. The van der Waals surface area contributed by atoms with Gasteiger partial charge in [0, 0.05) is 33.3 Å². The van der Waals surface area contributed by atoms with Gasteiger partial charge >= 0.3 is 0 Å². The van der Waals surface area contributed by atoms with Gasteiger partial charge in [0.15, 0.2) is 11.5 Å². The van der Waals surface area contributed by atoms with Crippen LogP contribution in [0.15, 0.2) is 6.20 Å². The van der Waals surface area contributed by atoms with Crippen LogP contribution in [-0.2, 0) is 11.8 Å². The maximum Gasteiger partial charge on any atom is 0.182 e. The number of ketones is 1. The molecule has 0 atom stereocenters. The van der Waals surface area contributed by atoms with Crippen molar-refractivity contribution in [3.8, 4) is 0 Å². The maximum atomic E-state index is 11.4. The third kappa shape index (κ3) is 2.02. The van der Waals surface area contributed by atoms with E-state index in [0.29, 0.717) is 18.9 Å². The second-order valence-corrected chi connectivity index (χ2v) is 3.69. The summed E-state index contributed by atoms with van der Waals surface area (Å²) in [4.78, 5) is 13.5. The summed E-state index contributed by atoms with van der Waals surface area (Å²) in [7, 11) is 1.83. The molecule has 82 valence electrons. The van der Waals surface area contributed by atoms with Gasteiger partial charge in [0.2, 0.25) is 0 Å². The normalized spacial score (nSPS) is 16.8. The fourth-order valence-electron chi connectivity index (χ4n) is 1.76. The van der Waals surface area contributed by atoms with Crippen LogP contribution in [0, 0.1) is 0 Å². The number of rotatable bonds is 2. The number of ether oxygens (including phenoxy) is 1. The van der Waals surface area contributed by atoms with Crippen molar-refractivity contribution in [1.29, 1.82) is 0 Å². The lowest BCUT2D eigenvalue weighted by Gasteiger charge is -2.27. The first-order valence-corrected chi connectivity index (χ1v) is 5.06. The number of hydrogen-bond donors (Lipinski definition) is 0. The Morgan fingerprint density at radius 2 is 2.13 bits per heavy atom. The fraction of sp³-hybridized carbons (Fsp3) is 0.600. The van der Waals surface area contributed by atoms with Crippen LogP contribution in [0.4, 0.5) is 5.69 Å². The standard InChI is InChI=1S/C10H15N3O2/c1-8(14)10-9(7-12(2)11-10)13-3-5-15-6-4-13/h7H,3-6H2,1-2H3. The van der Waals surface area contributed by atoms with Gasteiger partial charge in [-0.25, -0.2) is 0 Å². The highest BCUT2D eigenvalue weighted by Gasteiger charge is 2.19. The molecular formula is C10H15N3O2. The molecule has 0 aliphatic carbocycles. The lowest BCUT2D eigenvalue weighted by Crippen LogP contribution is -2.36. The molecule has 15 heavy (non-hydrogen) atoms. The molecule has 0 spiro atoms. The maximum absolute atomic E-state index is 11.4. The number of morpholine rings is 1. The second-order valence-electron chi connectivity index (χ2n) is 3.69. The van der Waals surface area contributed by atoms with E-state index in [1.165, 1.54) is 0 Å². The molecule has 0 bridgehead atoms. The molecule has 2 rings (SSSR count). The monoisotopic (exact) mass is 209 g/mol. The largest absolute Gasteiger partial charge is 0.378 e. The van der Waals surface area contributed by atoms with E-state index >= 15 is 0 Å². The van der Waals surface area contributed by atoms with E-state index in [0.717, 1.165) is 18.8 Å². The molecule has 0 N–H and O–H groups in total. The molecule has 0 saturated carbocycles. The van der Waals surface area contributed by atoms with Crippen LogP contribution in [0.3, 0.4) is 0 Å². The first kappa shape index (κ1) is 10.2. The lowest BCUT2D eigenvalue weighted by atomic mass is 10.2. The number of nitrogens with zero attached hydrogens (tertiary/aromatic N) is 3. The van der Waals surface area contributed by atoms with Gasteiger partial charge in [-0.2, -0.15) is 5.10 Å². The fourth-order valence-corrected chi connectivity index (χ4v) is 1.76. The summed E-state index contributed by atoms with van der Waals surface area (Å²) in [5, 5.41) is 4.17. The number of aryl methyl sites for hydroxylation is 1. The van der Waals surface area contributed by atoms with Gasteiger partial charge in [0.1, 0.15) is 0 Å². The highest BCUT2D eigenvalue weighted by atomic mass is 16.5. The molecule has 1 aliphatic rings. The molecule has 0 amide bonds. The summed E-state index contributed by atoms with van der Waals surface area (Å²) in [5.74, 6) is 0.0112. The van der Waals surface area contributed by atoms with Gasteiger partial charge in [-0.3, -0.25) is 9.48 Å². The van der Waals surface area contributed by atoms with Crippen molar-refractivity contribution >= 4 is 11.5 Å². The van der Waals surface area contributed by atoms with Crippen LogP contribution in [0.25, 0.3) is 0 Å². The van der Waals surface area contributed by atoms with E-state index in [4.69, 9.17) is 4.74 Å². The number of carbonyl (C=O) groups is 1. The van der Waals surface area contributed by atoms with E-state index in [2.05, 4.69) is 10.00 Å².